The summed E-state index contributed by atoms with van der Waals surface area (Å²) in [7, 11) is -2.01. The van der Waals surface area contributed by atoms with Gasteiger partial charge in [0.15, 0.2) is 19.9 Å². The first kappa shape index (κ1) is 27.2. The lowest BCUT2D eigenvalue weighted by Crippen LogP contribution is -2.51. The van der Waals surface area contributed by atoms with Crippen molar-refractivity contribution >= 4 is 8.32 Å². The molecule has 7 nitrogen and oxygen atoms in total. The summed E-state index contributed by atoms with van der Waals surface area (Å²) in [6.45, 7) is 19.5. The van der Waals surface area contributed by atoms with E-state index >= 15 is 0 Å². The zero-order chi connectivity index (χ0) is 23.7. The van der Waals surface area contributed by atoms with Crippen LogP contribution >= 0.6 is 0 Å². The molecule has 2 fully saturated rings. The fourth-order valence-corrected chi connectivity index (χ4v) is 5.00. The fraction of sp³-hybridized carbons (Fsp3) is 1.00. The molecular weight excluding hydrogens is 416 g/mol. The van der Waals surface area contributed by atoms with Crippen LogP contribution in [0.15, 0.2) is 0 Å². The second-order valence-corrected chi connectivity index (χ2v) is 15.3. The molecular formula is C23H46O7Si. The summed E-state index contributed by atoms with van der Waals surface area (Å²) >= 11 is 0. The molecule has 2 aliphatic rings. The largest absolute Gasteiger partial charge is 0.414 e. The van der Waals surface area contributed by atoms with Crippen molar-refractivity contribution in [2.75, 3.05) is 13.2 Å². The van der Waals surface area contributed by atoms with Gasteiger partial charge in [0.2, 0.25) is 0 Å². The topological polar surface area (TPSA) is 86.6 Å². The maximum Gasteiger partial charge on any atom is 0.192 e. The fourth-order valence-electron chi connectivity index (χ4n) is 3.98. The van der Waals surface area contributed by atoms with Gasteiger partial charge in [0.25, 0.3) is 0 Å². The van der Waals surface area contributed by atoms with E-state index in [1.54, 1.807) is 0 Å². The first-order valence-electron chi connectivity index (χ1n) is 12.0. The quantitative estimate of drug-likeness (QED) is 0.475. The first-order chi connectivity index (χ1) is 14.3. The van der Waals surface area contributed by atoms with Crippen molar-refractivity contribution in [3.8, 4) is 0 Å². The Morgan fingerprint density at radius 1 is 0.903 bits per heavy atom. The second-order valence-electron chi connectivity index (χ2n) is 10.5. The minimum Gasteiger partial charge on any atom is -0.414 e. The molecule has 5 atom stereocenters. The lowest BCUT2D eigenvalue weighted by molar-refractivity contribution is -0.207. The van der Waals surface area contributed by atoms with Crippen molar-refractivity contribution in [1.82, 2.24) is 0 Å². The van der Waals surface area contributed by atoms with Gasteiger partial charge < -0.3 is 33.6 Å². The summed E-state index contributed by atoms with van der Waals surface area (Å²) in [5.74, 6) is -1.48. The van der Waals surface area contributed by atoms with Gasteiger partial charge in [-0.1, -0.05) is 48.5 Å². The van der Waals surface area contributed by atoms with E-state index in [1.807, 2.05) is 27.7 Å². The number of hydrogen-bond acceptors (Lipinski definition) is 7. The number of aliphatic hydroxyl groups excluding tert-OH is 2. The molecule has 184 valence electrons. The van der Waals surface area contributed by atoms with E-state index in [4.69, 9.17) is 23.4 Å². The van der Waals surface area contributed by atoms with Crippen LogP contribution in [0.25, 0.3) is 0 Å². The summed E-state index contributed by atoms with van der Waals surface area (Å²) < 4.78 is 30.9. The van der Waals surface area contributed by atoms with E-state index in [0.717, 1.165) is 0 Å². The minimum absolute atomic E-state index is 0.0609. The molecule has 2 heterocycles. The van der Waals surface area contributed by atoms with Gasteiger partial charge >= 0.3 is 0 Å². The van der Waals surface area contributed by atoms with Crippen LogP contribution in [0.5, 0.6) is 0 Å². The third kappa shape index (κ3) is 5.72. The standard InChI is InChI=1S/C23H46O7Si/c1-10-22(11-2)26-14-16(28-22)18(24)19(25)20-17(29-23(12-3,13-4)30-20)15-27-31(8,9)21(5,6)7/h16-20,24-25H,10-15H2,1-9H3. The van der Waals surface area contributed by atoms with Crippen molar-refractivity contribution in [1.29, 1.82) is 0 Å². The summed E-state index contributed by atoms with van der Waals surface area (Å²) in [6.07, 6.45) is -1.44. The molecule has 0 spiro atoms. The molecule has 0 aromatic rings. The maximum atomic E-state index is 11.1. The predicted octanol–water partition coefficient (Wildman–Crippen LogP) is 3.96. The average molecular weight is 463 g/mol. The van der Waals surface area contributed by atoms with Gasteiger partial charge in [0.1, 0.15) is 30.5 Å². The zero-order valence-electron chi connectivity index (χ0n) is 21.1. The number of rotatable bonds is 10. The maximum absolute atomic E-state index is 11.1. The summed E-state index contributed by atoms with van der Waals surface area (Å²) in [5.41, 5.74) is 0. The third-order valence-corrected chi connectivity index (χ3v) is 12.1. The van der Waals surface area contributed by atoms with Gasteiger partial charge in [-0.25, -0.2) is 0 Å². The highest BCUT2D eigenvalue weighted by Gasteiger charge is 2.53. The van der Waals surface area contributed by atoms with Crippen molar-refractivity contribution in [3.63, 3.8) is 0 Å². The SMILES string of the molecule is CCC1(CC)OCC(C(O)C(O)C2OC(CC)(CC)OC2CO[Si](C)(C)C(C)(C)C)O1. The highest BCUT2D eigenvalue weighted by molar-refractivity contribution is 6.74. The van der Waals surface area contributed by atoms with Crippen molar-refractivity contribution in [2.45, 2.75) is 134 Å². The first-order valence-corrected chi connectivity index (χ1v) is 14.9. The Balaban J connectivity index is 2.16. The third-order valence-electron chi connectivity index (χ3n) is 7.60. The highest BCUT2D eigenvalue weighted by Crippen LogP contribution is 2.41. The Labute approximate surface area is 189 Å². The molecule has 8 heteroatoms. The van der Waals surface area contributed by atoms with Crippen LogP contribution < -0.4 is 0 Å². The molecule has 2 saturated heterocycles. The molecule has 0 radical (unpaired) electrons. The van der Waals surface area contributed by atoms with Crippen molar-refractivity contribution in [3.05, 3.63) is 0 Å². The summed E-state index contributed by atoms with van der Waals surface area (Å²) in [5, 5.41) is 22.2. The van der Waals surface area contributed by atoms with E-state index in [9.17, 15) is 10.2 Å². The van der Waals surface area contributed by atoms with Gasteiger partial charge in [0, 0.05) is 0 Å². The van der Waals surface area contributed by atoms with E-state index in [0.29, 0.717) is 32.3 Å². The molecule has 0 saturated carbocycles. The average Bonchev–Trinajstić information content (AvgIpc) is 3.33. The van der Waals surface area contributed by atoms with E-state index in [1.165, 1.54) is 0 Å². The zero-order valence-corrected chi connectivity index (χ0v) is 22.1. The molecule has 2 aliphatic heterocycles. The Kier molecular flexibility index (Phi) is 8.81. The summed E-state index contributed by atoms with van der Waals surface area (Å²) in [4.78, 5) is 0. The van der Waals surface area contributed by atoms with Crippen LogP contribution in [0.2, 0.25) is 18.1 Å². The molecule has 31 heavy (non-hydrogen) atoms. The predicted molar refractivity (Wildman–Crippen MR) is 122 cm³/mol. The molecule has 0 amide bonds. The van der Waals surface area contributed by atoms with Crippen LogP contribution in [0.1, 0.15) is 74.1 Å². The van der Waals surface area contributed by atoms with Crippen molar-refractivity contribution < 1.29 is 33.6 Å². The van der Waals surface area contributed by atoms with E-state index < -0.39 is 50.4 Å². The molecule has 2 rings (SSSR count). The van der Waals surface area contributed by atoms with Crippen molar-refractivity contribution in [2.24, 2.45) is 0 Å². The lowest BCUT2D eigenvalue weighted by Gasteiger charge is -2.37. The van der Waals surface area contributed by atoms with E-state index in [2.05, 4.69) is 33.9 Å². The number of hydrogen-bond donors (Lipinski definition) is 2. The highest BCUT2D eigenvalue weighted by atomic mass is 28.4. The van der Waals surface area contributed by atoms with Crippen LogP contribution in [0.4, 0.5) is 0 Å². The lowest BCUT2D eigenvalue weighted by atomic mass is 9.99. The van der Waals surface area contributed by atoms with Gasteiger partial charge in [-0.3, -0.25) is 0 Å². The van der Waals surface area contributed by atoms with Gasteiger partial charge in [-0.15, -0.1) is 0 Å². The van der Waals surface area contributed by atoms with Crippen LogP contribution in [-0.2, 0) is 23.4 Å². The van der Waals surface area contributed by atoms with Crippen LogP contribution in [0.3, 0.4) is 0 Å². The smallest absolute Gasteiger partial charge is 0.192 e. The number of aliphatic hydroxyl groups is 2. The van der Waals surface area contributed by atoms with Gasteiger partial charge in [-0.05, 0) is 43.8 Å². The normalized spacial score (nSPS) is 30.5. The molecule has 0 aromatic heterocycles. The molecule has 0 aliphatic carbocycles. The molecule has 5 unspecified atom stereocenters. The Hall–Kier alpha value is -0.0631. The van der Waals surface area contributed by atoms with Gasteiger partial charge in [-0.2, -0.15) is 0 Å². The monoisotopic (exact) mass is 462 g/mol. The van der Waals surface area contributed by atoms with Crippen LogP contribution in [-0.4, -0.2) is 73.8 Å². The van der Waals surface area contributed by atoms with E-state index in [-0.39, 0.29) is 11.6 Å². The Morgan fingerprint density at radius 2 is 1.45 bits per heavy atom. The Morgan fingerprint density at radius 3 is 1.90 bits per heavy atom. The molecule has 2 N–H and O–H groups in total. The second kappa shape index (κ2) is 10.1. The molecule has 0 bridgehead atoms. The number of ether oxygens (including phenoxy) is 4. The summed E-state index contributed by atoms with van der Waals surface area (Å²) in [6, 6.07) is 0. The minimum atomic E-state index is -2.01. The van der Waals surface area contributed by atoms with Gasteiger partial charge in [0.05, 0.1) is 13.2 Å². The Bertz CT molecular complexity index is 569. The van der Waals surface area contributed by atoms with Crippen LogP contribution in [0, 0.1) is 0 Å². The molecule has 0 aromatic carbocycles.